The van der Waals surface area contributed by atoms with E-state index in [-0.39, 0.29) is 17.1 Å². The Bertz CT molecular complexity index is 491. The second-order valence-electron chi connectivity index (χ2n) is 2.97. The predicted molar refractivity (Wildman–Crippen MR) is 52.6 cm³/mol. The average molecular weight is 204 g/mol. The number of carboxylic acids is 1. The number of carboxylic acid groups (broad SMARTS) is 1. The SMILES string of the molecule is O=C(O)c1n[nH]c(O)c1-c1ccccc1. The van der Waals surface area contributed by atoms with Crippen LogP contribution in [0.2, 0.25) is 0 Å². The van der Waals surface area contributed by atoms with Gasteiger partial charge in [0.1, 0.15) is 0 Å². The van der Waals surface area contributed by atoms with E-state index in [4.69, 9.17) is 5.11 Å². The van der Waals surface area contributed by atoms with Crippen LogP contribution in [0.5, 0.6) is 5.88 Å². The standard InChI is InChI=1S/C10H8N2O3/c13-9-7(6-4-2-1-3-5-6)8(10(14)15)11-12-9/h1-5H,(H,14,15)(H2,11,12,13). The molecule has 1 heterocycles. The molecule has 0 saturated heterocycles. The number of nitrogens with zero attached hydrogens (tertiary/aromatic N) is 1. The first kappa shape index (κ1) is 9.26. The molecule has 0 spiro atoms. The molecule has 0 bridgehead atoms. The summed E-state index contributed by atoms with van der Waals surface area (Å²) >= 11 is 0. The molecule has 15 heavy (non-hydrogen) atoms. The fraction of sp³-hybridized carbons (Fsp3) is 0. The van der Waals surface area contributed by atoms with Gasteiger partial charge in [-0.1, -0.05) is 30.3 Å². The van der Waals surface area contributed by atoms with Crippen LogP contribution in [0.3, 0.4) is 0 Å². The lowest BCUT2D eigenvalue weighted by molar-refractivity contribution is 0.0691. The highest BCUT2D eigenvalue weighted by Gasteiger charge is 2.19. The molecule has 0 saturated carbocycles. The minimum atomic E-state index is -1.18. The first-order chi connectivity index (χ1) is 7.20. The van der Waals surface area contributed by atoms with Crippen LogP contribution in [0.15, 0.2) is 30.3 Å². The molecule has 0 aliphatic heterocycles. The molecule has 0 aliphatic carbocycles. The summed E-state index contributed by atoms with van der Waals surface area (Å²) in [4.78, 5) is 10.8. The van der Waals surface area contributed by atoms with Gasteiger partial charge in [-0.3, -0.25) is 0 Å². The first-order valence-electron chi connectivity index (χ1n) is 4.26. The third kappa shape index (κ3) is 1.54. The van der Waals surface area contributed by atoms with E-state index < -0.39 is 5.97 Å². The maximum Gasteiger partial charge on any atom is 0.357 e. The van der Waals surface area contributed by atoms with Gasteiger partial charge in [0.05, 0.1) is 5.56 Å². The number of aromatic hydroxyl groups is 1. The minimum absolute atomic E-state index is 0.182. The molecule has 1 aromatic carbocycles. The Balaban J connectivity index is 2.62. The van der Waals surface area contributed by atoms with Crippen molar-refractivity contribution in [2.45, 2.75) is 0 Å². The molecule has 0 aliphatic rings. The summed E-state index contributed by atoms with van der Waals surface area (Å²) in [7, 11) is 0. The first-order valence-corrected chi connectivity index (χ1v) is 4.26. The highest BCUT2D eigenvalue weighted by atomic mass is 16.4. The van der Waals surface area contributed by atoms with E-state index in [9.17, 15) is 9.90 Å². The van der Waals surface area contributed by atoms with Crippen molar-refractivity contribution in [3.8, 4) is 17.0 Å². The minimum Gasteiger partial charge on any atom is -0.493 e. The number of carbonyl (C=O) groups is 1. The number of aromatic amines is 1. The van der Waals surface area contributed by atoms with Crippen LogP contribution in [0.1, 0.15) is 10.5 Å². The van der Waals surface area contributed by atoms with Crippen molar-refractivity contribution in [3.05, 3.63) is 36.0 Å². The van der Waals surface area contributed by atoms with Crippen LogP contribution >= 0.6 is 0 Å². The summed E-state index contributed by atoms with van der Waals surface area (Å²) < 4.78 is 0. The van der Waals surface area contributed by atoms with Gasteiger partial charge in [-0.05, 0) is 5.56 Å². The Morgan fingerprint density at radius 1 is 1.27 bits per heavy atom. The molecule has 5 heteroatoms. The van der Waals surface area contributed by atoms with Crippen molar-refractivity contribution < 1.29 is 15.0 Å². The Kier molecular flexibility index (Phi) is 2.13. The normalized spacial score (nSPS) is 10.1. The molecular formula is C10H8N2O3. The molecule has 2 rings (SSSR count). The van der Waals surface area contributed by atoms with E-state index in [1.807, 2.05) is 0 Å². The van der Waals surface area contributed by atoms with Crippen molar-refractivity contribution >= 4 is 5.97 Å². The van der Waals surface area contributed by atoms with Crippen LogP contribution in [0.4, 0.5) is 0 Å². The van der Waals surface area contributed by atoms with Crippen LogP contribution < -0.4 is 0 Å². The lowest BCUT2D eigenvalue weighted by Crippen LogP contribution is -1.98. The number of rotatable bonds is 2. The molecule has 5 nitrogen and oxygen atoms in total. The summed E-state index contributed by atoms with van der Waals surface area (Å²) in [5.41, 5.74) is 0.642. The molecule has 2 aromatic rings. The number of hydrogen-bond acceptors (Lipinski definition) is 3. The average Bonchev–Trinajstić information content (AvgIpc) is 2.61. The maximum absolute atomic E-state index is 10.8. The van der Waals surface area contributed by atoms with Gasteiger partial charge in [0, 0.05) is 0 Å². The monoisotopic (exact) mass is 204 g/mol. The lowest BCUT2D eigenvalue weighted by atomic mass is 10.1. The molecule has 76 valence electrons. The third-order valence-electron chi connectivity index (χ3n) is 2.01. The van der Waals surface area contributed by atoms with Gasteiger partial charge in [-0.2, -0.15) is 5.10 Å². The smallest absolute Gasteiger partial charge is 0.357 e. The van der Waals surface area contributed by atoms with Gasteiger partial charge in [0.2, 0.25) is 5.88 Å². The van der Waals surface area contributed by atoms with Crippen molar-refractivity contribution in [1.29, 1.82) is 0 Å². The maximum atomic E-state index is 10.8. The second-order valence-corrected chi connectivity index (χ2v) is 2.97. The van der Waals surface area contributed by atoms with Crippen LogP contribution in [0, 0.1) is 0 Å². The highest BCUT2D eigenvalue weighted by Crippen LogP contribution is 2.30. The fourth-order valence-corrected chi connectivity index (χ4v) is 1.37. The van der Waals surface area contributed by atoms with E-state index in [2.05, 4.69) is 10.2 Å². The van der Waals surface area contributed by atoms with Gasteiger partial charge in [0.25, 0.3) is 0 Å². The number of hydrogen-bond donors (Lipinski definition) is 3. The number of H-pyrrole nitrogens is 1. The van der Waals surface area contributed by atoms with Crippen LogP contribution in [-0.4, -0.2) is 26.4 Å². The molecule has 0 radical (unpaired) electrons. The molecule has 0 fully saturated rings. The predicted octanol–water partition coefficient (Wildman–Crippen LogP) is 1.48. The van der Waals surface area contributed by atoms with Gasteiger partial charge in [-0.15, -0.1) is 0 Å². The van der Waals surface area contributed by atoms with Crippen molar-refractivity contribution in [1.82, 2.24) is 10.2 Å². The number of nitrogens with one attached hydrogen (secondary N) is 1. The zero-order valence-corrected chi connectivity index (χ0v) is 7.64. The van der Waals surface area contributed by atoms with Crippen LogP contribution in [-0.2, 0) is 0 Å². The van der Waals surface area contributed by atoms with E-state index >= 15 is 0 Å². The molecule has 3 N–H and O–H groups in total. The Morgan fingerprint density at radius 3 is 2.53 bits per heavy atom. The zero-order valence-electron chi connectivity index (χ0n) is 7.64. The number of aromatic carboxylic acids is 1. The van der Waals surface area contributed by atoms with Gasteiger partial charge >= 0.3 is 5.97 Å². The van der Waals surface area contributed by atoms with Crippen molar-refractivity contribution in [2.24, 2.45) is 0 Å². The third-order valence-corrected chi connectivity index (χ3v) is 2.01. The van der Waals surface area contributed by atoms with Crippen molar-refractivity contribution in [2.75, 3.05) is 0 Å². The number of benzene rings is 1. The van der Waals surface area contributed by atoms with Crippen molar-refractivity contribution in [3.63, 3.8) is 0 Å². The van der Waals surface area contributed by atoms with Gasteiger partial charge in [0.15, 0.2) is 5.69 Å². The Hall–Kier alpha value is -2.30. The Morgan fingerprint density at radius 2 is 1.93 bits per heavy atom. The molecule has 1 aromatic heterocycles. The zero-order chi connectivity index (χ0) is 10.8. The van der Waals surface area contributed by atoms with Crippen LogP contribution in [0.25, 0.3) is 11.1 Å². The number of aromatic nitrogens is 2. The summed E-state index contributed by atoms with van der Waals surface area (Å²) in [5.74, 6) is -1.41. The molecule has 0 unspecified atom stereocenters. The lowest BCUT2D eigenvalue weighted by Gasteiger charge is -1.99. The molecule has 0 amide bonds. The van der Waals surface area contributed by atoms with E-state index in [1.54, 1.807) is 30.3 Å². The molecular weight excluding hydrogens is 196 g/mol. The fourth-order valence-electron chi connectivity index (χ4n) is 1.37. The summed E-state index contributed by atoms with van der Waals surface area (Å²) in [6.45, 7) is 0. The largest absolute Gasteiger partial charge is 0.493 e. The van der Waals surface area contributed by atoms with Gasteiger partial charge in [-0.25, -0.2) is 9.89 Å². The van der Waals surface area contributed by atoms with Gasteiger partial charge < -0.3 is 10.2 Å². The van der Waals surface area contributed by atoms with E-state index in [0.29, 0.717) is 5.56 Å². The van der Waals surface area contributed by atoms with E-state index in [1.165, 1.54) is 0 Å². The Labute approximate surface area is 85.0 Å². The summed E-state index contributed by atoms with van der Waals surface area (Å²) in [6.07, 6.45) is 0. The second kappa shape index (κ2) is 3.45. The summed E-state index contributed by atoms with van der Waals surface area (Å²) in [6, 6.07) is 8.73. The molecule has 0 atom stereocenters. The summed E-state index contributed by atoms with van der Waals surface area (Å²) in [5, 5.41) is 24.1. The van der Waals surface area contributed by atoms with E-state index in [0.717, 1.165) is 0 Å². The topological polar surface area (TPSA) is 86.2 Å². The quantitative estimate of drug-likeness (QED) is 0.691. The highest BCUT2D eigenvalue weighted by molar-refractivity contribution is 5.95.